The van der Waals surface area contributed by atoms with E-state index in [0.29, 0.717) is 0 Å². The molecular weight excluding hydrogens is 352 g/mol. The Labute approximate surface area is 143 Å². The summed E-state index contributed by atoms with van der Waals surface area (Å²) in [6, 6.07) is 8.13. The standard InChI is InChI=1S/C15H14N2O7S/c1-9-3-5-11(6-4-9)24-14-12(17(19)20)7-10(15(18)23-2)8-13(14)25(16,21)22/h3-8H,1-2H3,(H2,16,21,22). The van der Waals surface area contributed by atoms with Gasteiger partial charge in [-0.1, -0.05) is 17.7 Å². The van der Waals surface area contributed by atoms with Crippen molar-refractivity contribution in [3.05, 3.63) is 57.6 Å². The third-order valence-corrected chi connectivity index (χ3v) is 4.12. The van der Waals surface area contributed by atoms with Crippen LogP contribution in [0.25, 0.3) is 0 Å². The second-order valence-electron chi connectivity index (χ2n) is 5.03. The van der Waals surface area contributed by atoms with Crippen molar-refractivity contribution in [1.82, 2.24) is 0 Å². The average molecular weight is 366 g/mol. The molecule has 2 aromatic rings. The molecule has 10 heteroatoms. The van der Waals surface area contributed by atoms with E-state index in [1.165, 1.54) is 12.1 Å². The van der Waals surface area contributed by atoms with Gasteiger partial charge >= 0.3 is 11.7 Å². The van der Waals surface area contributed by atoms with Crippen LogP contribution < -0.4 is 9.88 Å². The lowest BCUT2D eigenvalue weighted by molar-refractivity contribution is -0.385. The van der Waals surface area contributed by atoms with Gasteiger partial charge < -0.3 is 9.47 Å². The fourth-order valence-electron chi connectivity index (χ4n) is 2.00. The smallest absolute Gasteiger partial charge is 0.338 e. The number of esters is 1. The van der Waals surface area contributed by atoms with Crippen molar-refractivity contribution in [3.8, 4) is 11.5 Å². The number of hydrogen-bond donors (Lipinski definition) is 1. The quantitative estimate of drug-likeness (QED) is 0.486. The van der Waals surface area contributed by atoms with Crippen molar-refractivity contribution in [1.29, 1.82) is 0 Å². The molecule has 0 heterocycles. The first-order chi connectivity index (χ1) is 11.6. The Kier molecular flexibility index (Phi) is 5.04. The number of nitrogens with two attached hydrogens (primary N) is 1. The minimum absolute atomic E-state index is 0.171. The van der Waals surface area contributed by atoms with Crippen molar-refractivity contribution >= 4 is 21.7 Å². The number of nitrogens with zero attached hydrogens (tertiary/aromatic N) is 1. The van der Waals surface area contributed by atoms with Crippen LogP contribution in [0.2, 0.25) is 0 Å². The number of methoxy groups -OCH3 is 1. The number of ether oxygens (including phenoxy) is 2. The van der Waals surface area contributed by atoms with Gasteiger partial charge in [0, 0.05) is 6.07 Å². The minimum atomic E-state index is -4.42. The number of hydrogen-bond acceptors (Lipinski definition) is 7. The highest BCUT2D eigenvalue weighted by atomic mass is 32.2. The van der Waals surface area contributed by atoms with E-state index in [0.717, 1.165) is 24.8 Å². The molecule has 132 valence electrons. The molecule has 0 atom stereocenters. The zero-order valence-electron chi connectivity index (χ0n) is 13.3. The number of carbonyl (C=O) groups excluding carboxylic acids is 1. The number of nitro benzene ring substituents is 1. The minimum Gasteiger partial charge on any atom is -0.465 e. The van der Waals surface area contributed by atoms with Gasteiger partial charge in [0.05, 0.1) is 17.6 Å². The number of nitro groups is 1. The molecule has 0 amide bonds. The number of aryl methyl sites for hydroxylation is 1. The van der Waals surface area contributed by atoms with Crippen LogP contribution in [0.1, 0.15) is 15.9 Å². The van der Waals surface area contributed by atoms with Crippen molar-refractivity contribution in [2.45, 2.75) is 11.8 Å². The maximum atomic E-state index is 11.9. The highest BCUT2D eigenvalue weighted by Crippen LogP contribution is 2.38. The van der Waals surface area contributed by atoms with Crippen LogP contribution >= 0.6 is 0 Å². The molecule has 0 aliphatic heterocycles. The summed E-state index contributed by atoms with van der Waals surface area (Å²) in [6.45, 7) is 1.83. The van der Waals surface area contributed by atoms with Gasteiger partial charge in [-0.15, -0.1) is 0 Å². The predicted octanol–water partition coefficient (Wildman–Crippen LogP) is 2.13. The summed E-state index contributed by atoms with van der Waals surface area (Å²) in [7, 11) is -3.36. The molecule has 2 N–H and O–H groups in total. The molecule has 0 spiro atoms. The number of benzene rings is 2. The van der Waals surface area contributed by atoms with Crippen LogP contribution in [-0.4, -0.2) is 26.4 Å². The molecule has 0 aromatic heterocycles. The zero-order chi connectivity index (χ0) is 18.8. The summed E-state index contributed by atoms with van der Waals surface area (Å²) in [5.41, 5.74) is -0.156. The van der Waals surface area contributed by atoms with Gasteiger partial charge in [0.15, 0.2) is 0 Å². The van der Waals surface area contributed by atoms with Crippen molar-refractivity contribution in [3.63, 3.8) is 0 Å². The molecule has 25 heavy (non-hydrogen) atoms. The summed E-state index contributed by atoms with van der Waals surface area (Å²) in [5, 5.41) is 16.5. The molecule has 0 fully saturated rings. The lowest BCUT2D eigenvalue weighted by atomic mass is 10.2. The molecule has 0 radical (unpaired) electrons. The van der Waals surface area contributed by atoms with Crippen molar-refractivity contribution in [2.24, 2.45) is 5.14 Å². The van der Waals surface area contributed by atoms with Crippen LogP contribution in [0.3, 0.4) is 0 Å². The topological polar surface area (TPSA) is 139 Å². The van der Waals surface area contributed by atoms with Gasteiger partial charge in [-0.05, 0) is 25.1 Å². The summed E-state index contributed by atoms with van der Waals surface area (Å²) in [5.74, 6) is -1.36. The van der Waals surface area contributed by atoms with Crippen LogP contribution in [0.4, 0.5) is 5.69 Å². The number of rotatable bonds is 5. The molecule has 2 aromatic carbocycles. The third-order valence-electron chi connectivity index (χ3n) is 3.20. The number of primary sulfonamides is 1. The van der Waals surface area contributed by atoms with E-state index in [2.05, 4.69) is 4.74 Å². The molecule has 0 aliphatic carbocycles. The Bertz CT molecular complexity index is 937. The van der Waals surface area contributed by atoms with E-state index in [4.69, 9.17) is 9.88 Å². The van der Waals surface area contributed by atoms with Crippen molar-refractivity contribution < 1.29 is 27.6 Å². The second kappa shape index (κ2) is 6.87. The average Bonchev–Trinajstić information content (AvgIpc) is 2.55. The molecule has 0 saturated heterocycles. The maximum absolute atomic E-state index is 11.9. The zero-order valence-corrected chi connectivity index (χ0v) is 14.1. The Hall–Kier alpha value is -2.98. The van der Waals surface area contributed by atoms with Gasteiger partial charge in [0.25, 0.3) is 0 Å². The molecule has 0 aliphatic rings. The van der Waals surface area contributed by atoms with Crippen LogP contribution in [0.5, 0.6) is 11.5 Å². The fourth-order valence-corrected chi connectivity index (χ4v) is 2.69. The third kappa shape index (κ3) is 4.11. The molecule has 0 saturated carbocycles. The van der Waals surface area contributed by atoms with E-state index in [-0.39, 0.29) is 11.3 Å². The summed E-state index contributed by atoms with van der Waals surface area (Å²) in [6.07, 6.45) is 0. The van der Waals surface area contributed by atoms with Gasteiger partial charge in [0.2, 0.25) is 15.8 Å². The first-order valence-corrected chi connectivity index (χ1v) is 8.36. The van der Waals surface area contributed by atoms with Gasteiger partial charge in [-0.25, -0.2) is 18.4 Å². The Morgan fingerprint density at radius 2 is 1.80 bits per heavy atom. The van der Waals surface area contributed by atoms with Crippen LogP contribution in [0.15, 0.2) is 41.3 Å². The first kappa shape index (κ1) is 18.4. The lowest BCUT2D eigenvalue weighted by Gasteiger charge is -2.12. The summed E-state index contributed by atoms with van der Waals surface area (Å²) >= 11 is 0. The highest BCUT2D eigenvalue weighted by molar-refractivity contribution is 7.89. The SMILES string of the molecule is COC(=O)c1cc([N+](=O)[O-])c(Oc2ccc(C)cc2)c(S(N)(=O)=O)c1. The molecular formula is C15H14N2O7S. The predicted molar refractivity (Wildman–Crippen MR) is 87.1 cm³/mol. The Morgan fingerprint density at radius 1 is 1.20 bits per heavy atom. The maximum Gasteiger partial charge on any atom is 0.338 e. The number of sulfonamides is 1. The Morgan fingerprint density at radius 3 is 2.28 bits per heavy atom. The molecule has 9 nitrogen and oxygen atoms in total. The highest BCUT2D eigenvalue weighted by Gasteiger charge is 2.29. The molecule has 0 bridgehead atoms. The summed E-state index contributed by atoms with van der Waals surface area (Å²) < 4.78 is 33.6. The van der Waals surface area contributed by atoms with Crippen molar-refractivity contribution in [2.75, 3.05) is 7.11 Å². The van der Waals surface area contributed by atoms with E-state index in [1.807, 2.05) is 6.92 Å². The van der Waals surface area contributed by atoms with Gasteiger partial charge in [-0.3, -0.25) is 10.1 Å². The summed E-state index contributed by atoms with van der Waals surface area (Å²) in [4.78, 5) is 21.4. The van der Waals surface area contributed by atoms with E-state index < -0.39 is 37.2 Å². The normalized spacial score (nSPS) is 11.0. The van der Waals surface area contributed by atoms with E-state index >= 15 is 0 Å². The molecule has 2 rings (SSSR count). The van der Waals surface area contributed by atoms with Gasteiger partial charge in [0.1, 0.15) is 10.6 Å². The second-order valence-corrected chi connectivity index (χ2v) is 6.56. The largest absolute Gasteiger partial charge is 0.465 e. The lowest BCUT2D eigenvalue weighted by Crippen LogP contribution is -2.16. The monoisotopic (exact) mass is 366 g/mol. The molecule has 0 unspecified atom stereocenters. The van der Waals surface area contributed by atoms with Crippen LogP contribution in [-0.2, 0) is 14.8 Å². The Balaban J connectivity index is 2.72. The first-order valence-electron chi connectivity index (χ1n) is 6.81. The van der Waals surface area contributed by atoms with Gasteiger partial charge in [-0.2, -0.15) is 0 Å². The van der Waals surface area contributed by atoms with E-state index in [9.17, 15) is 23.3 Å². The van der Waals surface area contributed by atoms with E-state index in [1.54, 1.807) is 12.1 Å². The number of carbonyl (C=O) groups is 1. The fraction of sp³-hybridized carbons (Fsp3) is 0.133. The van der Waals surface area contributed by atoms with Crippen LogP contribution in [0, 0.1) is 17.0 Å².